The molecule has 0 saturated heterocycles. The molecule has 6 heteroatoms. The number of urea groups is 1. The minimum absolute atomic E-state index is 0.240. The van der Waals surface area contributed by atoms with Crippen molar-refractivity contribution in [3.05, 3.63) is 63.6 Å². The molecule has 4 nitrogen and oxygen atoms in total. The number of thiophene rings is 1. The summed E-state index contributed by atoms with van der Waals surface area (Å²) in [7, 11) is 0. The highest BCUT2D eigenvalue weighted by molar-refractivity contribution is 7.12. The first kappa shape index (κ1) is 16.2. The van der Waals surface area contributed by atoms with Crippen LogP contribution in [0.3, 0.4) is 0 Å². The molecule has 0 unspecified atom stereocenters. The predicted molar refractivity (Wildman–Crippen MR) is 85.2 cm³/mol. The van der Waals surface area contributed by atoms with E-state index in [1.54, 1.807) is 36.5 Å². The quantitative estimate of drug-likeness (QED) is 0.652. The van der Waals surface area contributed by atoms with E-state index in [1.165, 1.54) is 12.1 Å². The summed E-state index contributed by atoms with van der Waals surface area (Å²) in [5.74, 6) is -0.240. The minimum Gasteiger partial charge on any atom is -0.350 e. The van der Waals surface area contributed by atoms with Crippen LogP contribution < -0.4 is 5.73 Å². The minimum atomic E-state index is -0.889. The molecule has 2 amide bonds. The second-order valence-electron chi connectivity index (χ2n) is 4.89. The highest BCUT2D eigenvalue weighted by Gasteiger charge is 2.11. The Bertz CT molecular complexity index is 667. The molecule has 1 aromatic carbocycles. The average Bonchev–Trinajstić information content (AvgIpc) is 2.94. The average molecular weight is 320 g/mol. The van der Waals surface area contributed by atoms with Gasteiger partial charge in [0.1, 0.15) is 5.82 Å². The molecule has 1 heterocycles. The first-order chi connectivity index (χ1) is 10.5. The molecule has 0 radical (unpaired) electrons. The Hall–Kier alpha value is -2.18. The van der Waals surface area contributed by atoms with Crippen LogP contribution in [0, 0.1) is 5.82 Å². The number of hydroxylamine groups is 2. The molecule has 3 N–H and O–H groups in total. The lowest BCUT2D eigenvalue weighted by Crippen LogP contribution is -2.38. The zero-order valence-electron chi connectivity index (χ0n) is 12.1. The molecule has 22 heavy (non-hydrogen) atoms. The number of halogens is 1. The van der Waals surface area contributed by atoms with Gasteiger partial charge in [0.05, 0.1) is 6.04 Å². The highest BCUT2D eigenvalue weighted by atomic mass is 32.1. The number of primary amides is 1. The van der Waals surface area contributed by atoms with Gasteiger partial charge in [-0.15, -0.1) is 11.3 Å². The molecule has 116 valence electrons. The van der Waals surface area contributed by atoms with E-state index in [-0.39, 0.29) is 5.82 Å². The first-order valence-corrected chi connectivity index (χ1v) is 7.56. The van der Waals surface area contributed by atoms with Gasteiger partial charge in [-0.25, -0.2) is 9.18 Å². The summed E-state index contributed by atoms with van der Waals surface area (Å²) in [5, 5.41) is 9.85. The van der Waals surface area contributed by atoms with Crippen molar-refractivity contribution in [1.29, 1.82) is 0 Å². The predicted octanol–water partition coefficient (Wildman–Crippen LogP) is 3.65. The Morgan fingerprint density at radius 3 is 2.68 bits per heavy atom. The van der Waals surface area contributed by atoms with Gasteiger partial charge in [0.25, 0.3) is 0 Å². The first-order valence-electron chi connectivity index (χ1n) is 6.74. The van der Waals surface area contributed by atoms with Crippen molar-refractivity contribution in [1.82, 2.24) is 5.06 Å². The van der Waals surface area contributed by atoms with Crippen LogP contribution >= 0.6 is 11.3 Å². The zero-order chi connectivity index (χ0) is 16.1. The molecule has 0 bridgehead atoms. The van der Waals surface area contributed by atoms with E-state index >= 15 is 0 Å². The van der Waals surface area contributed by atoms with E-state index in [9.17, 15) is 14.4 Å². The van der Waals surface area contributed by atoms with Crippen molar-refractivity contribution in [2.24, 2.45) is 5.73 Å². The van der Waals surface area contributed by atoms with Crippen LogP contribution in [0.5, 0.6) is 0 Å². The molecule has 2 aromatic rings. The van der Waals surface area contributed by atoms with Gasteiger partial charge < -0.3 is 5.73 Å². The largest absolute Gasteiger partial charge is 0.350 e. The zero-order valence-corrected chi connectivity index (χ0v) is 12.9. The maximum absolute atomic E-state index is 12.9. The van der Waals surface area contributed by atoms with Crippen LogP contribution in [0.15, 0.2) is 42.5 Å². The van der Waals surface area contributed by atoms with Crippen LogP contribution in [0.25, 0.3) is 6.08 Å². The molecular weight excluding hydrogens is 303 g/mol. The maximum Gasteiger partial charge on any atom is 0.339 e. The molecule has 0 aliphatic carbocycles. The van der Waals surface area contributed by atoms with E-state index in [2.05, 4.69) is 0 Å². The van der Waals surface area contributed by atoms with Gasteiger partial charge in [0, 0.05) is 16.2 Å². The van der Waals surface area contributed by atoms with Crippen molar-refractivity contribution < 1.29 is 14.4 Å². The number of nitrogens with two attached hydrogens (primary N) is 1. The summed E-state index contributed by atoms with van der Waals surface area (Å²) >= 11 is 1.60. The van der Waals surface area contributed by atoms with E-state index in [0.29, 0.717) is 5.06 Å². The number of nitrogens with zero attached hydrogens (tertiary/aromatic N) is 1. The van der Waals surface area contributed by atoms with E-state index in [1.807, 2.05) is 18.2 Å². The number of carbonyl (C=O) groups excluding carboxylic acids is 1. The van der Waals surface area contributed by atoms with Gasteiger partial charge in [-0.2, -0.15) is 5.06 Å². The Morgan fingerprint density at radius 1 is 1.36 bits per heavy atom. The standard InChI is InChI=1S/C16H17FN2O2S/c1-11(19(21)16(18)20)2-7-14-8-9-15(22-14)10-12-3-5-13(17)6-4-12/h2-9,11,21H,10H2,1H3,(H2,18,20)/t11-/m1/s1. The van der Waals surface area contributed by atoms with Gasteiger partial charge in [-0.05, 0) is 42.8 Å². The SMILES string of the molecule is C[C@H](C=Cc1ccc(Cc2ccc(F)cc2)s1)N(O)C(N)=O. The topological polar surface area (TPSA) is 66.6 Å². The number of hydrogen-bond donors (Lipinski definition) is 2. The van der Waals surface area contributed by atoms with Crippen molar-refractivity contribution >= 4 is 23.4 Å². The second kappa shape index (κ2) is 7.20. The number of hydrogen-bond acceptors (Lipinski definition) is 3. The molecular formula is C16H17FN2O2S. The molecule has 0 spiro atoms. The second-order valence-corrected chi connectivity index (χ2v) is 6.09. The number of rotatable bonds is 5. The van der Waals surface area contributed by atoms with Crippen molar-refractivity contribution in [2.45, 2.75) is 19.4 Å². The Morgan fingerprint density at radius 2 is 2.05 bits per heavy atom. The highest BCUT2D eigenvalue weighted by Crippen LogP contribution is 2.21. The van der Waals surface area contributed by atoms with Crippen molar-refractivity contribution in [2.75, 3.05) is 0 Å². The van der Waals surface area contributed by atoms with Crippen LogP contribution in [0.4, 0.5) is 9.18 Å². The maximum atomic E-state index is 12.9. The number of carbonyl (C=O) groups is 1. The lowest BCUT2D eigenvalue weighted by Gasteiger charge is -2.16. The van der Waals surface area contributed by atoms with E-state index in [4.69, 9.17) is 5.73 Å². The lowest BCUT2D eigenvalue weighted by molar-refractivity contribution is -0.0560. The smallest absolute Gasteiger partial charge is 0.339 e. The summed E-state index contributed by atoms with van der Waals surface area (Å²) in [4.78, 5) is 13.0. The van der Waals surface area contributed by atoms with Crippen LogP contribution in [0.2, 0.25) is 0 Å². The molecule has 0 aliphatic rings. The van der Waals surface area contributed by atoms with Gasteiger partial charge in [0.15, 0.2) is 0 Å². The fourth-order valence-corrected chi connectivity index (χ4v) is 2.86. The van der Waals surface area contributed by atoms with Crippen LogP contribution in [0.1, 0.15) is 22.2 Å². The van der Waals surface area contributed by atoms with Gasteiger partial charge in [0.2, 0.25) is 0 Å². The van der Waals surface area contributed by atoms with Crippen molar-refractivity contribution in [3.8, 4) is 0 Å². The molecule has 0 aliphatic heterocycles. The Balaban J connectivity index is 1.99. The molecule has 2 rings (SSSR count). The third kappa shape index (κ3) is 4.41. The molecule has 0 saturated carbocycles. The summed E-state index contributed by atoms with van der Waals surface area (Å²) in [6.07, 6.45) is 4.26. The molecule has 0 fully saturated rings. The van der Waals surface area contributed by atoms with Gasteiger partial charge in [-0.1, -0.05) is 18.2 Å². The number of amides is 2. The summed E-state index contributed by atoms with van der Waals surface area (Å²) in [6.45, 7) is 1.66. The van der Waals surface area contributed by atoms with Gasteiger partial charge >= 0.3 is 6.03 Å². The fourth-order valence-electron chi connectivity index (χ4n) is 1.90. The fraction of sp³-hybridized carbons (Fsp3) is 0.188. The lowest BCUT2D eigenvalue weighted by atomic mass is 10.1. The summed E-state index contributed by atoms with van der Waals surface area (Å²) in [6, 6.07) is 9.00. The van der Waals surface area contributed by atoms with E-state index < -0.39 is 12.1 Å². The Kier molecular flexibility index (Phi) is 5.30. The van der Waals surface area contributed by atoms with Gasteiger partial charge in [-0.3, -0.25) is 5.21 Å². The molecule has 1 aromatic heterocycles. The number of benzene rings is 1. The van der Waals surface area contributed by atoms with Crippen LogP contribution in [-0.2, 0) is 6.42 Å². The van der Waals surface area contributed by atoms with E-state index in [0.717, 1.165) is 21.7 Å². The summed E-state index contributed by atoms with van der Waals surface area (Å²) in [5.41, 5.74) is 6.03. The monoisotopic (exact) mass is 320 g/mol. The molecule has 1 atom stereocenters. The summed E-state index contributed by atoms with van der Waals surface area (Å²) < 4.78 is 12.9. The van der Waals surface area contributed by atoms with Crippen LogP contribution in [-0.4, -0.2) is 22.3 Å². The normalized spacial score (nSPS) is 12.5. The third-order valence-electron chi connectivity index (χ3n) is 3.12. The third-order valence-corrected chi connectivity index (χ3v) is 4.18. The Labute approximate surface area is 132 Å². The van der Waals surface area contributed by atoms with Crippen molar-refractivity contribution in [3.63, 3.8) is 0 Å².